The van der Waals surface area contributed by atoms with Gasteiger partial charge in [0, 0.05) is 37.7 Å². The molecule has 0 saturated carbocycles. The van der Waals surface area contributed by atoms with Gasteiger partial charge in [-0.2, -0.15) is 0 Å². The first-order chi connectivity index (χ1) is 12.0. The molecule has 0 aliphatic rings. The standard InChI is InChI=1S/C19H29ClN2O3/c1-4-7-18(23)22(14-16-8-10-17(20)11-9-16)15(3)19(24)21-12-6-13-25-5-2/h8-11,15H,4-7,12-14H2,1-3H3,(H,21,24)/t15-/m1/s1. The highest BCUT2D eigenvalue weighted by molar-refractivity contribution is 6.30. The second-order valence-electron chi connectivity index (χ2n) is 5.92. The summed E-state index contributed by atoms with van der Waals surface area (Å²) < 4.78 is 5.26. The Hall–Kier alpha value is -1.59. The van der Waals surface area contributed by atoms with Crippen molar-refractivity contribution in [3.05, 3.63) is 34.9 Å². The largest absolute Gasteiger partial charge is 0.382 e. The van der Waals surface area contributed by atoms with Crippen molar-refractivity contribution >= 4 is 23.4 Å². The number of nitrogens with zero attached hydrogens (tertiary/aromatic N) is 1. The summed E-state index contributed by atoms with van der Waals surface area (Å²) in [6.07, 6.45) is 1.93. The third kappa shape index (κ3) is 7.88. The van der Waals surface area contributed by atoms with Crippen LogP contribution in [0.1, 0.15) is 45.6 Å². The normalized spacial score (nSPS) is 11.8. The molecule has 1 rings (SSSR count). The van der Waals surface area contributed by atoms with Gasteiger partial charge in [0.25, 0.3) is 0 Å². The number of carbonyl (C=O) groups excluding carboxylic acids is 2. The van der Waals surface area contributed by atoms with Crippen LogP contribution in [0.4, 0.5) is 0 Å². The molecule has 2 amide bonds. The highest BCUT2D eigenvalue weighted by Crippen LogP contribution is 2.14. The number of ether oxygens (including phenoxy) is 1. The lowest BCUT2D eigenvalue weighted by molar-refractivity contribution is -0.140. The summed E-state index contributed by atoms with van der Waals surface area (Å²) in [7, 11) is 0. The summed E-state index contributed by atoms with van der Waals surface area (Å²) in [6, 6.07) is 6.81. The van der Waals surface area contributed by atoms with Gasteiger partial charge in [0.2, 0.25) is 11.8 Å². The van der Waals surface area contributed by atoms with E-state index in [0.29, 0.717) is 37.7 Å². The van der Waals surface area contributed by atoms with E-state index < -0.39 is 6.04 Å². The molecule has 1 N–H and O–H groups in total. The molecule has 0 aliphatic carbocycles. The summed E-state index contributed by atoms with van der Waals surface area (Å²) in [5.74, 6) is -0.163. The van der Waals surface area contributed by atoms with Crippen molar-refractivity contribution in [3.63, 3.8) is 0 Å². The van der Waals surface area contributed by atoms with Crippen molar-refractivity contribution in [1.82, 2.24) is 10.2 Å². The molecule has 0 fully saturated rings. The Morgan fingerprint density at radius 3 is 2.52 bits per heavy atom. The van der Waals surface area contributed by atoms with Crippen molar-refractivity contribution in [2.75, 3.05) is 19.8 Å². The maximum Gasteiger partial charge on any atom is 0.242 e. The maximum atomic E-state index is 12.5. The highest BCUT2D eigenvalue weighted by Gasteiger charge is 2.25. The van der Waals surface area contributed by atoms with E-state index in [1.54, 1.807) is 24.0 Å². The molecule has 0 aromatic heterocycles. The SMILES string of the molecule is CCCC(=O)N(Cc1ccc(Cl)cc1)[C@H](C)C(=O)NCCCOCC. The topological polar surface area (TPSA) is 58.6 Å². The van der Waals surface area contributed by atoms with E-state index in [0.717, 1.165) is 18.4 Å². The van der Waals surface area contributed by atoms with E-state index in [9.17, 15) is 9.59 Å². The molecule has 0 saturated heterocycles. The van der Waals surface area contributed by atoms with Crippen molar-refractivity contribution in [2.45, 2.75) is 52.6 Å². The van der Waals surface area contributed by atoms with Gasteiger partial charge in [-0.05, 0) is 44.4 Å². The Balaban J connectivity index is 2.68. The fraction of sp³-hybridized carbons (Fsp3) is 0.579. The second kappa shape index (κ2) is 11.9. The molecule has 0 heterocycles. The first kappa shape index (κ1) is 21.5. The van der Waals surface area contributed by atoms with Gasteiger partial charge in [-0.25, -0.2) is 0 Å². The molecular weight excluding hydrogens is 340 g/mol. The molecule has 0 unspecified atom stereocenters. The zero-order chi connectivity index (χ0) is 18.7. The number of rotatable bonds is 11. The van der Waals surface area contributed by atoms with Crippen LogP contribution >= 0.6 is 11.6 Å². The molecule has 0 aliphatic heterocycles. The van der Waals surface area contributed by atoms with E-state index >= 15 is 0 Å². The van der Waals surface area contributed by atoms with Crippen LogP contribution in [-0.2, 0) is 20.9 Å². The Morgan fingerprint density at radius 1 is 1.24 bits per heavy atom. The average Bonchev–Trinajstić information content (AvgIpc) is 2.60. The second-order valence-corrected chi connectivity index (χ2v) is 6.35. The lowest BCUT2D eigenvalue weighted by Crippen LogP contribution is -2.47. The van der Waals surface area contributed by atoms with Crippen molar-refractivity contribution in [1.29, 1.82) is 0 Å². The van der Waals surface area contributed by atoms with Crippen LogP contribution in [0.2, 0.25) is 5.02 Å². The molecule has 0 spiro atoms. The van der Waals surface area contributed by atoms with Crippen LogP contribution in [0.25, 0.3) is 0 Å². The van der Waals surface area contributed by atoms with Gasteiger partial charge in [0.05, 0.1) is 0 Å². The highest BCUT2D eigenvalue weighted by atomic mass is 35.5. The summed E-state index contributed by atoms with van der Waals surface area (Å²) in [5, 5.41) is 3.53. The zero-order valence-electron chi connectivity index (χ0n) is 15.4. The third-order valence-corrected chi connectivity index (χ3v) is 4.12. The molecule has 5 nitrogen and oxygen atoms in total. The van der Waals surface area contributed by atoms with Crippen LogP contribution in [0, 0.1) is 0 Å². The monoisotopic (exact) mass is 368 g/mol. The Labute approximate surface area is 155 Å². The summed E-state index contributed by atoms with van der Waals surface area (Å²) in [4.78, 5) is 26.5. The number of hydrogen-bond acceptors (Lipinski definition) is 3. The number of carbonyl (C=O) groups is 2. The first-order valence-corrected chi connectivity index (χ1v) is 9.26. The molecule has 1 atom stereocenters. The third-order valence-electron chi connectivity index (χ3n) is 3.87. The minimum absolute atomic E-state index is 0.0191. The summed E-state index contributed by atoms with van der Waals surface area (Å²) in [6.45, 7) is 7.88. The number of halogens is 1. The quantitative estimate of drug-likeness (QED) is 0.609. The van der Waals surface area contributed by atoms with Gasteiger partial charge in [0.15, 0.2) is 0 Å². The average molecular weight is 369 g/mol. The Kier molecular flexibility index (Phi) is 10.2. The van der Waals surface area contributed by atoms with Crippen molar-refractivity contribution in [2.24, 2.45) is 0 Å². The van der Waals surface area contributed by atoms with Crippen molar-refractivity contribution in [3.8, 4) is 0 Å². The minimum Gasteiger partial charge on any atom is -0.382 e. The van der Waals surface area contributed by atoms with E-state index in [2.05, 4.69) is 5.32 Å². The summed E-state index contributed by atoms with van der Waals surface area (Å²) in [5.41, 5.74) is 0.949. The zero-order valence-corrected chi connectivity index (χ0v) is 16.1. The molecule has 0 bridgehead atoms. The molecule has 1 aromatic carbocycles. The predicted molar refractivity (Wildman–Crippen MR) is 100 cm³/mol. The summed E-state index contributed by atoms with van der Waals surface area (Å²) >= 11 is 5.91. The number of amides is 2. The molecule has 0 radical (unpaired) electrons. The van der Waals surface area contributed by atoms with E-state index in [4.69, 9.17) is 16.3 Å². The van der Waals surface area contributed by atoms with Crippen LogP contribution in [0.5, 0.6) is 0 Å². The smallest absolute Gasteiger partial charge is 0.242 e. The van der Waals surface area contributed by atoms with Gasteiger partial charge in [-0.1, -0.05) is 30.7 Å². The molecular formula is C19H29ClN2O3. The lowest BCUT2D eigenvalue weighted by atomic mass is 10.1. The lowest BCUT2D eigenvalue weighted by Gasteiger charge is -2.28. The fourth-order valence-electron chi connectivity index (χ4n) is 2.40. The van der Waals surface area contributed by atoms with Gasteiger partial charge in [-0.3, -0.25) is 9.59 Å². The molecule has 25 heavy (non-hydrogen) atoms. The van der Waals surface area contributed by atoms with Gasteiger partial charge < -0.3 is 15.0 Å². The van der Waals surface area contributed by atoms with Crippen LogP contribution in [-0.4, -0.2) is 42.5 Å². The van der Waals surface area contributed by atoms with Crippen LogP contribution in [0.3, 0.4) is 0 Å². The van der Waals surface area contributed by atoms with E-state index in [1.165, 1.54) is 0 Å². The van der Waals surface area contributed by atoms with Crippen LogP contribution in [0.15, 0.2) is 24.3 Å². The predicted octanol–water partition coefficient (Wildman–Crippen LogP) is 3.40. The van der Waals surface area contributed by atoms with E-state index in [1.807, 2.05) is 26.0 Å². The Bertz CT molecular complexity index is 534. The number of nitrogens with one attached hydrogen (secondary N) is 1. The minimum atomic E-state index is -0.526. The number of benzene rings is 1. The maximum absolute atomic E-state index is 12.5. The number of hydrogen-bond donors (Lipinski definition) is 1. The first-order valence-electron chi connectivity index (χ1n) is 8.88. The van der Waals surface area contributed by atoms with E-state index in [-0.39, 0.29) is 11.8 Å². The van der Waals surface area contributed by atoms with Crippen molar-refractivity contribution < 1.29 is 14.3 Å². The molecule has 6 heteroatoms. The molecule has 140 valence electrons. The van der Waals surface area contributed by atoms with Gasteiger partial charge >= 0.3 is 0 Å². The van der Waals surface area contributed by atoms with Gasteiger partial charge in [0.1, 0.15) is 6.04 Å². The van der Waals surface area contributed by atoms with Gasteiger partial charge in [-0.15, -0.1) is 0 Å². The van der Waals surface area contributed by atoms with Crippen LogP contribution < -0.4 is 5.32 Å². The molecule has 1 aromatic rings. The Morgan fingerprint density at radius 2 is 1.92 bits per heavy atom. The fourth-order valence-corrected chi connectivity index (χ4v) is 2.53.